The van der Waals surface area contributed by atoms with Crippen LogP contribution in [0, 0.1) is 20.8 Å². The first kappa shape index (κ1) is 20.8. The fourth-order valence-corrected chi connectivity index (χ4v) is 3.18. The lowest BCUT2D eigenvalue weighted by molar-refractivity contribution is 0.408. The lowest BCUT2D eigenvalue weighted by Crippen LogP contribution is -1.95. The molecule has 0 saturated heterocycles. The zero-order chi connectivity index (χ0) is 19.1. The van der Waals surface area contributed by atoms with Crippen molar-refractivity contribution in [1.82, 2.24) is 0 Å². The Morgan fingerprint density at radius 2 is 1.36 bits per heavy atom. The van der Waals surface area contributed by atoms with Crippen LogP contribution in [-0.4, -0.2) is 14.2 Å². The summed E-state index contributed by atoms with van der Waals surface area (Å²) in [5, 5.41) is 4.75. The lowest BCUT2D eigenvalue weighted by Gasteiger charge is -2.16. The second kappa shape index (κ2) is 9.31. The van der Waals surface area contributed by atoms with Gasteiger partial charge in [0.2, 0.25) is 0 Å². The zero-order valence-electron chi connectivity index (χ0n) is 17.2. The molecule has 2 nitrogen and oxygen atoms in total. The van der Waals surface area contributed by atoms with E-state index in [4.69, 9.17) is 9.47 Å². The van der Waals surface area contributed by atoms with Crippen LogP contribution in [0.1, 0.15) is 44.4 Å². The first-order valence-corrected chi connectivity index (χ1v) is 9.12. The highest BCUT2D eigenvalue weighted by Gasteiger charge is 2.15. The van der Waals surface area contributed by atoms with Crippen molar-refractivity contribution in [3.05, 3.63) is 47.0 Å². The van der Waals surface area contributed by atoms with Crippen molar-refractivity contribution in [3.8, 4) is 11.5 Å². The first-order valence-electron chi connectivity index (χ1n) is 9.12. The molecule has 0 heterocycles. The molecule has 0 atom stereocenters. The first-order chi connectivity index (χ1) is 12.1. The largest absolute Gasteiger partial charge is 0.496 e. The van der Waals surface area contributed by atoms with Gasteiger partial charge in [0.15, 0.2) is 0 Å². The molecule has 25 heavy (non-hydrogen) atoms. The quantitative estimate of drug-likeness (QED) is 0.468. The van der Waals surface area contributed by atoms with Gasteiger partial charge in [-0.15, -0.1) is 0 Å². The third-order valence-corrected chi connectivity index (χ3v) is 4.18. The van der Waals surface area contributed by atoms with Crippen LogP contribution < -0.4 is 9.47 Å². The van der Waals surface area contributed by atoms with Gasteiger partial charge in [-0.3, -0.25) is 0 Å². The summed E-state index contributed by atoms with van der Waals surface area (Å²) in [5.41, 5.74) is 3.59. The summed E-state index contributed by atoms with van der Waals surface area (Å²) in [6, 6.07) is 10.8. The number of hydrogen-bond donors (Lipinski definition) is 0. The van der Waals surface area contributed by atoms with Crippen molar-refractivity contribution < 1.29 is 9.47 Å². The number of aryl methyl sites for hydroxylation is 3. The fraction of sp³-hybridized carbons (Fsp3) is 0.391. The van der Waals surface area contributed by atoms with Gasteiger partial charge >= 0.3 is 0 Å². The maximum atomic E-state index is 5.64. The summed E-state index contributed by atoms with van der Waals surface area (Å²) >= 11 is 0. The SMILES string of the molecule is CC.CC.COc1c(C)cc(OC)c2c(C)c3ccc(C)cc3cc12. The molecule has 3 rings (SSSR count). The van der Waals surface area contributed by atoms with Crippen LogP contribution in [0.5, 0.6) is 11.5 Å². The fourth-order valence-electron chi connectivity index (χ4n) is 3.18. The summed E-state index contributed by atoms with van der Waals surface area (Å²) in [5.74, 6) is 1.83. The van der Waals surface area contributed by atoms with E-state index in [1.165, 1.54) is 21.9 Å². The van der Waals surface area contributed by atoms with Crippen molar-refractivity contribution in [2.45, 2.75) is 48.5 Å². The number of ether oxygens (including phenoxy) is 2. The number of rotatable bonds is 2. The molecule has 0 amide bonds. The topological polar surface area (TPSA) is 18.5 Å². The van der Waals surface area contributed by atoms with Gasteiger partial charge in [0.05, 0.1) is 14.2 Å². The predicted molar refractivity (Wildman–Crippen MR) is 111 cm³/mol. The van der Waals surface area contributed by atoms with Crippen molar-refractivity contribution in [2.24, 2.45) is 0 Å². The van der Waals surface area contributed by atoms with Crippen LogP contribution in [0.2, 0.25) is 0 Å². The molecule has 0 aromatic heterocycles. The van der Waals surface area contributed by atoms with E-state index in [-0.39, 0.29) is 0 Å². The highest BCUT2D eigenvalue weighted by atomic mass is 16.5. The number of hydrogen-bond acceptors (Lipinski definition) is 2. The molecule has 0 N–H and O–H groups in total. The molecule has 3 aromatic carbocycles. The molecule has 136 valence electrons. The third-order valence-electron chi connectivity index (χ3n) is 4.18. The van der Waals surface area contributed by atoms with Crippen molar-refractivity contribution in [1.29, 1.82) is 0 Å². The number of fused-ring (bicyclic) bond motifs is 2. The molecule has 0 saturated carbocycles. The Hall–Kier alpha value is -2.22. The monoisotopic (exact) mass is 340 g/mol. The smallest absolute Gasteiger partial charge is 0.129 e. The van der Waals surface area contributed by atoms with E-state index in [0.717, 1.165) is 27.8 Å². The predicted octanol–water partition coefficient (Wildman–Crippen LogP) is 6.99. The van der Waals surface area contributed by atoms with Crippen molar-refractivity contribution in [2.75, 3.05) is 14.2 Å². The Labute approximate surface area is 152 Å². The normalized spacial score (nSPS) is 9.80. The van der Waals surface area contributed by atoms with E-state index in [9.17, 15) is 0 Å². The molecular formula is C23H32O2. The van der Waals surface area contributed by atoms with Crippen LogP contribution in [0.15, 0.2) is 30.3 Å². The van der Waals surface area contributed by atoms with Gasteiger partial charge in [0.25, 0.3) is 0 Å². The highest BCUT2D eigenvalue weighted by Crippen LogP contribution is 2.41. The van der Waals surface area contributed by atoms with E-state index in [1.54, 1.807) is 14.2 Å². The second-order valence-electron chi connectivity index (χ2n) is 5.58. The molecule has 0 aliphatic rings. The third kappa shape index (κ3) is 3.89. The second-order valence-corrected chi connectivity index (χ2v) is 5.58. The molecule has 0 unspecified atom stereocenters. The Bertz CT molecular complexity index is 848. The molecule has 2 heteroatoms. The molecule has 0 aliphatic heterocycles. The summed E-state index contributed by atoms with van der Waals surface area (Å²) in [4.78, 5) is 0. The van der Waals surface area contributed by atoms with Gasteiger partial charge in [-0.25, -0.2) is 0 Å². The standard InChI is InChI=1S/C19H20O2.2C2H6/c1-11-6-7-15-13(3)18-16(10-14(15)8-11)19(21-5)12(2)9-17(18)20-4;2*1-2/h6-10H,1-5H3;2*1-2H3. The molecule has 0 spiro atoms. The van der Waals surface area contributed by atoms with Gasteiger partial charge < -0.3 is 9.47 Å². The van der Waals surface area contributed by atoms with Crippen LogP contribution >= 0.6 is 0 Å². The van der Waals surface area contributed by atoms with Crippen molar-refractivity contribution >= 4 is 21.5 Å². The van der Waals surface area contributed by atoms with Crippen LogP contribution in [0.3, 0.4) is 0 Å². The summed E-state index contributed by atoms with van der Waals surface area (Å²) in [6.07, 6.45) is 0. The van der Waals surface area contributed by atoms with E-state index >= 15 is 0 Å². The Balaban J connectivity index is 0.000000730. The van der Waals surface area contributed by atoms with Gasteiger partial charge in [-0.1, -0.05) is 51.5 Å². The van der Waals surface area contributed by atoms with E-state index in [1.807, 2.05) is 33.8 Å². The minimum absolute atomic E-state index is 0.906. The van der Waals surface area contributed by atoms with Gasteiger partial charge in [-0.05, 0) is 54.8 Å². The number of benzene rings is 3. The maximum absolute atomic E-state index is 5.64. The molecule has 0 bridgehead atoms. The Kier molecular flexibility index (Phi) is 7.76. The minimum Gasteiger partial charge on any atom is -0.496 e. The summed E-state index contributed by atoms with van der Waals surface area (Å²) in [6.45, 7) is 14.3. The Morgan fingerprint density at radius 1 is 0.720 bits per heavy atom. The highest BCUT2D eigenvalue weighted by molar-refractivity contribution is 6.07. The van der Waals surface area contributed by atoms with E-state index in [2.05, 4.69) is 45.0 Å². The zero-order valence-corrected chi connectivity index (χ0v) is 17.2. The molecule has 3 aromatic rings. The lowest BCUT2D eigenvalue weighted by atomic mass is 9.94. The Morgan fingerprint density at radius 3 is 1.92 bits per heavy atom. The maximum Gasteiger partial charge on any atom is 0.129 e. The molecule has 0 radical (unpaired) electrons. The van der Waals surface area contributed by atoms with Crippen LogP contribution in [0.4, 0.5) is 0 Å². The molecular weight excluding hydrogens is 308 g/mol. The van der Waals surface area contributed by atoms with Crippen LogP contribution in [-0.2, 0) is 0 Å². The summed E-state index contributed by atoms with van der Waals surface area (Å²) in [7, 11) is 3.45. The average molecular weight is 341 g/mol. The molecule has 0 fully saturated rings. The minimum atomic E-state index is 0.906. The van der Waals surface area contributed by atoms with Gasteiger partial charge in [0.1, 0.15) is 11.5 Å². The van der Waals surface area contributed by atoms with E-state index in [0.29, 0.717) is 0 Å². The average Bonchev–Trinajstić information content (AvgIpc) is 2.64. The van der Waals surface area contributed by atoms with Crippen molar-refractivity contribution in [3.63, 3.8) is 0 Å². The van der Waals surface area contributed by atoms with Crippen LogP contribution in [0.25, 0.3) is 21.5 Å². The van der Waals surface area contributed by atoms with Gasteiger partial charge in [0, 0.05) is 10.8 Å². The molecule has 0 aliphatic carbocycles. The number of methoxy groups -OCH3 is 2. The summed E-state index contributed by atoms with van der Waals surface area (Å²) < 4.78 is 11.2. The van der Waals surface area contributed by atoms with Gasteiger partial charge in [-0.2, -0.15) is 0 Å². The van der Waals surface area contributed by atoms with E-state index < -0.39 is 0 Å².